The molecule has 0 aromatic rings. The van der Waals surface area contributed by atoms with Crippen LogP contribution in [0, 0.1) is 0 Å². The highest BCUT2D eigenvalue weighted by Crippen LogP contribution is 2.33. The molecule has 26 heavy (non-hydrogen) atoms. The van der Waals surface area contributed by atoms with Gasteiger partial charge in [0.1, 0.15) is 48.8 Å². The van der Waals surface area contributed by atoms with E-state index in [2.05, 4.69) is 4.18 Å². The van der Waals surface area contributed by atoms with Gasteiger partial charge in [-0.25, -0.2) is 8.42 Å². The molecule has 0 saturated carbocycles. The van der Waals surface area contributed by atoms with Gasteiger partial charge in [0.25, 0.3) is 0 Å². The lowest BCUT2D eigenvalue weighted by molar-refractivity contribution is -0.338. The van der Waals surface area contributed by atoms with Crippen molar-refractivity contribution < 1.29 is 61.6 Å². The summed E-state index contributed by atoms with van der Waals surface area (Å²) >= 11 is 0. The molecule has 3 aliphatic heterocycles. The molecule has 13 nitrogen and oxygen atoms in total. The van der Waals surface area contributed by atoms with Gasteiger partial charge in [-0.3, -0.25) is 4.18 Å². The molecule has 2 bridgehead atoms. The predicted molar refractivity (Wildman–Crippen MR) is 73.8 cm³/mol. The van der Waals surface area contributed by atoms with E-state index in [4.69, 9.17) is 18.9 Å². The Morgan fingerprint density at radius 3 is 2.35 bits per heavy atom. The number of fused-ring (bicyclic) bond motifs is 2. The van der Waals surface area contributed by atoms with Gasteiger partial charge >= 0.3 is 0 Å². The largest absolute Gasteiger partial charge is 0.726 e. The summed E-state index contributed by atoms with van der Waals surface area (Å²) in [5, 5.41) is 49.0. The van der Waals surface area contributed by atoms with Crippen molar-refractivity contribution >= 4 is 10.4 Å². The van der Waals surface area contributed by atoms with Gasteiger partial charge < -0.3 is 49.0 Å². The van der Waals surface area contributed by atoms with E-state index >= 15 is 0 Å². The van der Waals surface area contributed by atoms with E-state index in [1.165, 1.54) is 0 Å². The second-order valence-electron chi connectivity index (χ2n) is 6.13. The van der Waals surface area contributed by atoms with Crippen LogP contribution in [0.25, 0.3) is 0 Å². The third kappa shape index (κ3) is 3.87. The molecular weight excluding hydrogens is 384 g/mol. The quantitative estimate of drug-likeness (QED) is 0.216. The first-order chi connectivity index (χ1) is 12.1. The zero-order chi connectivity index (χ0) is 19.2. The van der Waals surface area contributed by atoms with Crippen molar-refractivity contribution in [1.82, 2.24) is 0 Å². The lowest BCUT2D eigenvalue weighted by Crippen LogP contribution is -2.63. The van der Waals surface area contributed by atoms with Crippen molar-refractivity contribution in [2.45, 2.75) is 61.4 Å². The summed E-state index contributed by atoms with van der Waals surface area (Å²) in [6, 6.07) is 0. The average molecular weight is 403 g/mol. The highest BCUT2D eigenvalue weighted by molar-refractivity contribution is 7.80. The van der Waals surface area contributed by atoms with E-state index in [-0.39, 0.29) is 6.61 Å². The van der Waals surface area contributed by atoms with Crippen LogP contribution in [-0.4, -0.2) is 113 Å². The standard InChI is InChI=1S/C12H20O13S/c13-1-3-8(25-26(18,19)20)10(6(15)11(17)22-3)24-12-7(16)9-5(14)4(23-12)2-21-9/h3-17H,1-2H2,(H,18,19,20)/p-1/t3-,4-,5+,6-,7-,8+,9+,10-,11-,12-/m1/s1. The van der Waals surface area contributed by atoms with Gasteiger partial charge in [0, 0.05) is 0 Å². The highest BCUT2D eigenvalue weighted by atomic mass is 32.3. The van der Waals surface area contributed by atoms with Crippen LogP contribution in [0.5, 0.6) is 0 Å². The summed E-state index contributed by atoms with van der Waals surface area (Å²) in [5.41, 5.74) is 0. The third-order valence-corrected chi connectivity index (χ3v) is 4.89. The van der Waals surface area contributed by atoms with E-state index in [0.717, 1.165) is 0 Å². The number of hydrogen-bond acceptors (Lipinski definition) is 13. The van der Waals surface area contributed by atoms with Crippen molar-refractivity contribution in [3.8, 4) is 0 Å². The van der Waals surface area contributed by atoms with Crippen LogP contribution >= 0.6 is 0 Å². The number of aliphatic hydroxyl groups excluding tert-OH is 5. The fraction of sp³-hybridized carbons (Fsp3) is 1.00. The zero-order valence-corrected chi connectivity index (χ0v) is 13.9. The third-order valence-electron chi connectivity index (χ3n) is 4.43. The second kappa shape index (κ2) is 7.50. The van der Waals surface area contributed by atoms with Crippen LogP contribution < -0.4 is 0 Å². The van der Waals surface area contributed by atoms with Crippen molar-refractivity contribution in [3.63, 3.8) is 0 Å². The van der Waals surface area contributed by atoms with E-state index in [9.17, 15) is 38.5 Å². The maximum Gasteiger partial charge on any atom is 0.218 e. The molecule has 0 radical (unpaired) electrons. The minimum absolute atomic E-state index is 0.0319. The van der Waals surface area contributed by atoms with Crippen LogP contribution in [-0.2, 0) is 33.5 Å². The van der Waals surface area contributed by atoms with E-state index in [0.29, 0.717) is 0 Å². The molecule has 10 atom stereocenters. The lowest BCUT2D eigenvalue weighted by atomic mass is 9.98. The molecule has 0 unspecified atom stereocenters. The molecule has 152 valence electrons. The van der Waals surface area contributed by atoms with Crippen molar-refractivity contribution in [3.05, 3.63) is 0 Å². The van der Waals surface area contributed by atoms with Gasteiger partial charge in [-0.1, -0.05) is 0 Å². The maximum absolute atomic E-state index is 11.0. The van der Waals surface area contributed by atoms with Crippen LogP contribution in [0.3, 0.4) is 0 Å². The van der Waals surface area contributed by atoms with Crippen LogP contribution in [0.1, 0.15) is 0 Å². The topological polar surface area (TPSA) is 204 Å². The molecule has 0 aromatic carbocycles. The first-order valence-electron chi connectivity index (χ1n) is 7.67. The Kier molecular flexibility index (Phi) is 5.84. The number of ether oxygens (including phenoxy) is 4. The molecule has 3 aliphatic rings. The average Bonchev–Trinajstić information content (AvgIpc) is 2.82. The Morgan fingerprint density at radius 1 is 1.04 bits per heavy atom. The smallest absolute Gasteiger partial charge is 0.218 e. The maximum atomic E-state index is 11.0. The zero-order valence-electron chi connectivity index (χ0n) is 13.1. The Bertz CT molecular complexity index is 598. The Hall–Kier alpha value is -0.490. The van der Waals surface area contributed by atoms with Gasteiger partial charge in [0.15, 0.2) is 12.6 Å². The van der Waals surface area contributed by atoms with Crippen LogP contribution in [0.2, 0.25) is 0 Å². The monoisotopic (exact) mass is 403 g/mol. The molecule has 3 fully saturated rings. The summed E-state index contributed by atoms with van der Waals surface area (Å²) in [7, 11) is -5.29. The highest BCUT2D eigenvalue weighted by Gasteiger charge is 2.54. The van der Waals surface area contributed by atoms with Crippen molar-refractivity contribution in [2.75, 3.05) is 13.2 Å². The van der Waals surface area contributed by atoms with E-state index < -0.39 is 78.4 Å². The van der Waals surface area contributed by atoms with Gasteiger partial charge in [-0.2, -0.15) is 0 Å². The van der Waals surface area contributed by atoms with E-state index in [1.807, 2.05) is 0 Å². The molecule has 0 aliphatic carbocycles. The van der Waals surface area contributed by atoms with Gasteiger partial charge in [-0.15, -0.1) is 0 Å². The minimum Gasteiger partial charge on any atom is -0.726 e. The fourth-order valence-electron chi connectivity index (χ4n) is 3.17. The summed E-state index contributed by atoms with van der Waals surface area (Å²) < 4.78 is 57.8. The molecular formula is C12H19O13S-. The summed E-state index contributed by atoms with van der Waals surface area (Å²) in [5.74, 6) is 0. The molecule has 3 heterocycles. The van der Waals surface area contributed by atoms with Crippen LogP contribution in [0.4, 0.5) is 0 Å². The van der Waals surface area contributed by atoms with E-state index in [1.54, 1.807) is 0 Å². The van der Waals surface area contributed by atoms with Gasteiger partial charge in [0.2, 0.25) is 10.4 Å². The number of rotatable bonds is 5. The minimum atomic E-state index is -5.29. The first kappa shape index (κ1) is 20.2. The summed E-state index contributed by atoms with van der Waals surface area (Å²) in [6.07, 6.45) is -14.9. The SMILES string of the molecule is O=S(=O)([O-])O[C@@H]1[C@H](O[C@H]2O[C@@H]3CO[C@@H]([C@H]3O)[C@H]2O)[C@@H](O)[C@H](O)O[C@@H]1CO. The van der Waals surface area contributed by atoms with Crippen LogP contribution in [0.15, 0.2) is 0 Å². The molecule has 14 heteroatoms. The predicted octanol–water partition coefficient (Wildman–Crippen LogP) is -4.87. The Balaban J connectivity index is 1.81. The molecule has 0 amide bonds. The molecule has 0 spiro atoms. The first-order valence-corrected chi connectivity index (χ1v) is 9.01. The number of aliphatic hydroxyl groups is 5. The molecule has 5 N–H and O–H groups in total. The Morgan fingerprint density at radius 2 is 1.73 bits per heavy atom. The lowest BCUT2D eigenvalue weighted by Gasteiger charge is -2.44. The summed E-state index contributed by atoms with van der Waals surface area (Å²) in [6.45, 7) is -0.902. The van der Waals surface area contributed by atoms with Crippen molar-refractivity contribution in [1.29, 1.82) is 0 Å². The second-order valence-corrected chi connectivity index (χ2v) is 7.14. The van der Waals surface area contributed by atoms with Gasteiger partial charge in [0.05, 0.1) is 13.2 Å². The molecule has 3 saturated heterocycles. The van der Waals surface area contributed by atoms with Gasteiger partial charge in [-0.05, 0) is 0 Å². The summed E-state index contributed by atoms with van der Waals surface area (Å²) in [4.78, 5) is 0. The molecule has 0 aromatic heterocycles. The number of hydrogen-bond donors (Lipinski definition) is 5. The molecule has 3 rings (SSSR count). The fourth-order valence-corrected chi connectivity index (χ4v) is 3.68. The Labute approximate surface area is 147 Å². The normalized spacial score (nSPS) is 49.3. The van der Waals surface area contributed by atoms with Crippen molar-refractivity contribution in [2.24, 2.45) is 0 Å².